The molecule has 1 heterocycles. The molecule has 2 aromatic rings. The molecule has 0 bridgehead atoms. The van der Waals surface area contributed by atoms with E-state index in [0.29, 0.717) is 27.9 Å². The number of anilines is 1. The summed E-state index contributed by atoms with van der Waals surface area (Å²) in [7, 11) is 1.58. The highest BCUT2D eigenvalue weighted by atomic mass is 32.1. The van der Waals surface area contributed by atoms with Crippen molar-refractivity contribution in [3.05, 3.63) is 40.4 Å². The average molecular weight is 304 g/mol. The molecule has 6 nitrogen and oxygen atoms in total. The van der Waals surface area contributed by atoms with Crippen molar-refractivity contribution in [3.8, 4) is 5.75 Å². The molecule has 0 fully saturated rings. The summed E-state index contributed by atoms with van der Waals surface area (Å²) in [6.07, 6.45) is 2.18. The Morgan fingerprint density at radius 3 is 3.00 bits per heavy atom. The fourth-order valence-electron chi connectivity index (χ4n) is 1.77. The van der Waals surface area contributed by atoms with Gasteiger partial charge < -0.3 is 10.5 Å². The third kappa shape index (κ3) is 3.57. The normalized spacial score (nSPS) is 10.8. The number of nitrogens with zero attached hydrogens (tertiary/aromatic N) is 2. The number of carbonyl (C=O) groups excluding carboxylic acids is 1. The van der Waals surface area contributed by atoms with Crippen LogP contribution in [0.4, 0.5) is 5.13 Å². The fraction of sp³-hybridized carbons (Fsp3) is 0.214. The highest BCUT2D eigenvalue weighted by Crippen LogP contribution is 2.20. The molecule has 0 atom stereocenters. The van der Waals surface area contributed by atoms with Crippen LogP contribution in [0.1, 0.15) is 27.9 Å². The van der Waals surface area contributed by atoms with Gasteiger partial charge in [-0.2, -0.15) is 5.10 Å². The van der Waals surface area contributed by atoms with Crippen molar-refractivity contribution >= 4 is 28.6 Å². The molecule has 1 aromatic heterocycles. The van der Waals surface area contributed by atoms with Gasteiger partial charge in [0.15, 0.2) is 5.13 Å². The van der Waals surface area contributed by atoms with Crippen LogP contribution in [0.25, 0.3) is 0 Å². The average Bonchev–Trinajstić information content (AvgIpc) is 2.89. The minimum Gasteiger partial charge on any atom is -0.496 e. The monoisotopic (exact) mass is 304 g/mol. The summed E-state index contributed by atoms with van der Waals surface area (Å²) in [5.74, 6) is 0.374. The standard InChI is InChI=1S/C14H16N4O2S/c1-3-10-12(21-14(15)17-10)13(19)18-16-8-9-6-4-5-7-11(9)20-2/h4-8H,3H2,1-2H3,(H2,15,17)(H,18,19)/b16-8+. The number of aryl methyl sites for hydroxylation is 1. The molecule has 3 N–H and O–H groups in total. The van der Waals surface area contributed by atoms with Crippen molar-refractivity contribution in [2.24, 2.45) is 5.10 Å². The van der Waals surface area contributed by atoms with E-state index in [1.807, 2.05) is 31.2 Å². The summed E-state index contributed by atoms with van der Waals surface area (Å²) in [5, 5.41) is 4.33. The summed E-state index contributed by atoms with van der Waals surface area (Å²) >= 11 is 1.16. The lowest BCUT2D eigenvalue weighted by Crippen LogP contribution is -2.17. The maximum atomic E-state index is 12.0. The van der Waals surface area contributed by atoms with Crippen LogP contribution >= 0.6 is 11.3 Å². The minimum absolute atomic E-state index is 0.313. The highest BCUT2D eigenvalue weighted by molar-refractivity contribution is 7.17. The van der Waals surface area contributed by atoms with Gasteiger partial charge in [0.05, 0.1) is 19.0 Å². The Hall–Kier alpha value is -2.41. The Bertz CT molecular complexity index is 667. The van der Waals surface area contributed by atoms with Gasteiger partial charge in [-0.15, -0.1) is 0 Å². The summed E-state index contributed by atoms with van der Waals surface area (Å²) in [5.41, 5.74) is 9.56. The second kappa shape index (κ2) is 6.85. The summed E-state index contributed by atoms with van der Waals surface area (Å²) in [6, 6.07) is 7.39. The molecule has 0 saturated heterocycles. The number of carbonyl (C=O) groups is 1. The van der Waals surface area contributed by atoms with Gasteiger partial charge in [0.2, 0.25) is 0 Å². The maximum Gasteiger partial charge on any atom is 0.283 e. The first-order valence-electron chi connectivity index (χ1n) is 6.37. The van der Waals surface area contributed by atoms with Gasteiger partial charge in [-0.1, -0.05) is 30.4 Å². The molecular weight excluding hydrogens is 288 g/mol. The number of nitrogen functional groups attached to an aromatic ring is 1. The number of amides is 1. The molecule has 21 heavy (non-hydrogen) atoms. The zero-order valence-electron chi connectivity index (χ0n) is 11.8. The molecular formula is C14H16N4O2S. The van der Waals surface area contributed by atoms with E-state index >= 15 is 0 Å². The lowest BCUT2D eigenvalue weighted by Gasteiger charge is -2.03. The molecule has 2 rings (SSSR count). The number of thiazole rings is 1. The molecule has 0 aliphatic rings. The topological polar surface area (TPSA) is 89.6 Å². The second-order valence-corrected chi connectivity index (χ2v) is 5.15. The summed E-state index contributed by atoms with van der Waals surface area (Å²) in [6.45, 7) is 1.92. The fourth-order valence-corrected chi connectivity index (χ4v) is 2.58. The van der Waals surface area contributed by atoms with E-state index < -0.39 is 0 Å². The molecule has 110 valence electrons. The van der Waals surface area contributed by atoms with Crippen molar-refractivity contribution in [2.75, 3.05) is 12.8 Å². The van der Waals surface area contributed by atoms with Gasteiger partial charge in [-0.3, -0.25) is 4.79 Å². The van der Waals surface area contributed by atoms with Crippen LogP contribution in [0.15, 0.2) is 29.4 Å². The number of para-hydroxylation sites is 1. The first kappa shape index (κ1) is 15.0. The number of methoxy groups -OCH3 is 1. The SMILES string of the molecule is CCc1nc(N)sc1C(=O)N/N=C/c1ccccc1OC. The van der Waals surface area contributed by atoms with Gasteiger partial charge in [-0.05, 0) is 18.6 Å². The lowest BCUT2D eigenvalue weighted by molar-refractivity contribution is 0.0958. The first-order valence-corrected chi connectivity index (χ1v) is 7.19. The van der Waals surface area contributed by atoms with Gasteiger partial charge in [0, 0.05) is 5.56 Å². The van der Waals surface area contributed by atoms with Gasteiger partial charge >= 0.3 is 0 Å². The zero-order chi connectivity index (χ0) is 15.2. The summed E-state index contributed by atoms with van der Waals surface area (Å²) < 4.78 is 5.20. The van der Waals surface area contributed by atoms with E-state index in [1.54, 1.807) is 7.11 Å². The maximum absolute atomic E-state index is 12.0. The van der Waals surface area contributed by atoms with Crippen LogP contribution in [0.5, 0.6) is 5.75 Å². The predicted molar refractivity (Wildman–Crippen MR) is 84.0 cm³/mol. The molecule has 0 unspecified atom stereocenters. The Balaban J connectivity index is 2.08. The Kier molecular flexibility index (Phi) is 4.89. The number of aromatic nitrogens is 1. The number of benzene rings is 1. The van der Waals surface area contributed by atoms with Gasteiger partial charge in [0.25, 0.3) is 5.91 Å². The van der Waals surface area contributed by atoms with Gasteiger partial charge in [-0.25, -0.2) is 10.4 Å². The molecule has 0 aliphatic carbocycles. The number of hydrogen-bond donors (Lipinski definition) is 2. The van der Waals surface area contributed by atoms with Crippen LogP contribution in [0.2, 0.25) is 0 Å². The number of nitrogens with two attached hydrogens (primary N) is 1. The quantitative estimate of drug-likeness (QED) is 0.653. The van der Waals surface area contributed by atoms with E-state index in [0.717, 1.165) is 16.9 Å². The minimum atomic E-state index is -0.313. The van der Waals surface area contributed by atoms with Crippen molar-refractivity contribution in [2.45, 2.75) is 13.3 Å². The molecule has 0 radical (unpaired) electrons. The van der Waals surface area contributed by atoms with E-state index in [1.165, 1.54) is 6.21 Å². The number of hydrazone groups is 1. The zero-order valence-corrected chi connectivity index (χ0v) is 12.6. The molecule has 0 aliphatic heterocycles. The van der Waals surface area contributed by atoms with E-state index in [2.05, 4.69) is 15.5 Å². The van der Waals surface area contributed by atoms with Crippen LogP contribution in [-0.2, 0) is 6.42 Å². The Labute approximate surface area is 126 Å². The molecule has 0 spiro atoms. The molecule has 1 aromatic carbocycles. The van der Waals surface area contributed by atoms with Crippen molar-refractivity contribution in [1.29, 1.82) is 0 Å². The number of nitrogens with one attached hydrogen (secondary N) is 1. The summed E-state index contributed by atoms with van der Waals surface area (Å²) in [4.78, 5) is 16.6. The second-order valence-electron chi connectivity index (χ2n) is 4.12. The first-order chi connectivity index (χ1) is 10.2. The largest absolute Gasteiger partial charge is 0.496 e. The smallest absolute Gasteiger partial charge is 0.283 e. The predicted octanol–water partition coefficient (Wildman–Crippen LogP) is 2.06. The number of rotatable bonds is 5. The molecule has 0 saturated carbocycles. The Morgan fingerprint density at radius 1 is 1.52 bits per heavy atom. The third-order valence-electron chi connectivity index (χ3n) is 2.76. The van der Waals surface area contributed by atoms with Crippen LogP contribution in [0.3, 0.4) is 0 Å². The van der Waals surface area contributed by atoms with E-state index in [4.69, 9.17) is 10.5 Å². The van der Waals surface area contributed by atoms with E-state index in [9.17, 15) is 4.79 Å². The Morgan fingerprint density at radius 2 is 2.29 bits per heavy atom. The highest BCUT2D eigenvalue weighted by Gasteiger charge is 2.15. The number of hydrogen-bond acceptors (Lipinski definition) is 6. The van der Waals surface area contributed by atoms with Crippen LogP contribution < -0.4 is 15.9 Å². The lowest BCUT2D eigenvalue weighted by atomic mass is 10.2. The third-order valence-corrected chi connectivity index (χ3v) is 3.69. The van der Waals surface area contributed by atoms with Crippen LogP contribution in [0, 0.1) is 0 Å². The van der Waals surface area contributed by atoms with E-state index in [-0.39, 0.29) is 5.91 Å². The number of ether oxygens (including phenoxy) is 1. The van der Waals surface area contributed by atoms with Gasteiger partial charge in [0.1, 0.15) is 10.6 Å². The van der Waals surface area contributed by atoms with Crippen LogP contribution in [-0.4, -0.2) is 24.2 Å². The van der Waals surface area contributed by atoms with Crippen molar-refractivity contribution < 1.29 is 9.53 Å². The molecule has 7 heteroatoms. The molecule has 1 amide bonds. The van der Waals surface area contributed by atoms with Crippen molar-refractivity contribution in [3.63, 3.8) is 0 Å². The van der Waals surface area contributed by atoms with Crippen molar-refractivity contribution in [1.82, 2.24) is 10.4 Å².